The zero-order valence-electron chi connectivity index (χ0n) is 10.0. The summed E-state index contributed by atoms with van der Waals surface area (Å²) in [7, 11) is -4.14. The van der Waals surface area contributed by atoms with Gasteiger partial charge in [-0.15, -0.1) is 0 Å². The number of nitro benzene ring substituents is 1. The van der Waals surface area contributed by atoms with E-state index in [9.17, 15) is 18.5 Å². The Morgan fingerprint density at radius 2 is 1.90 bits per heavy atom. The fourth-order valence-electron chi connectivity index (χ4n) is 1.37. The number of nitro groups is 1. The highest BCUT2D eigenvalue weighted by molar-refractivity contribution is 7.92. The third-order valence-corrected chi connectivity index (χ3v) is 4.31. The van der Waals surface area contributed by atoms with E-state index in [0.717, 1.165) is 30.6 Å². The Hall–Kier alpha value is -1.97. The van der Waals surface area contributed by atoms with Crippen LogP contribution >= 0.6 is 23.2 Å². The predicted octanol–water partition coefficient (Wildman–Crippen LogP) is 2.49. The van der Waals surface area contributed by atoms with Gasteiger partial charge in [-0.3, -0.25) is 14.8 Å². The molecule has 0 aliphatic heterocycles. The van der Waals surface area contributed by atoms with Gasteiger partial charge in [-0.25, -0.2) is 18.4 Å². The SMILES string of the molecule is O=[N+]([O-])c1ccc(Cl)c(S(=O)(=O)Nc2cnc(Cl)cn2)c1. The summed E-state index contributed by atoms with van der Waals surface area (Å²) in [4.78, 5) is 16.9. The highest BCUT2D eigenvalue weighted by atomic mass is 35.5. The number of sulfonamides is 1. The van der Waals surface area contributed by atoms with Gasteiger partial charge in [0, 0.05) is 12.1 Å². The fraction of sp³-hybridized carbons (Fsp3) is 0. The number of hydrogen-bond donors (Lipinski definition) is 1. The molecule has 0 amide bonds. The van der Waals surface area contributed by atoms with Crippen molar-refractivity contribution in [3.05, 3.63) is 50.9 Å². The maximum Gasteiger partial charge on any atom is 0.270 e. The molecule has 0 fully saturated rings. The quantitative estimate of drug-likeness (QED) is 0.670. The Balaban J connectivity index is 2.41. The van der Waals surface area contributed by atoms with E-state index in [-0.39, 0.29) is 16.0 Å². The molecular formula is C10H6Cl2N4O4S. The van der Waals surface area contributed by atoms with Crippen molar-refractivity contribution in [1.82, 2.24) is 9.97 Å². The van der Waals surface area contributed by atoms with Gasteiger partial charge in [0.05, 0.1) is 22.3 Å². The van der Waals surface area contributed by atoms with Gasteiger partial charge in [0.15, 0.2) is 5.82 Å². The van der Waals surface area contributed by atoms with Crippen molar-refractivity contribution in [2.24, 2.45) is 0 Å². The lowest BCUT2D eigenvalue weighted by Gasteiger charge is -2.08. The van der Waals surface area contributed by atoms with Gasteiger partial charge in [0.1, 0.15) is 10.0 Å². The highest BCUT2D eigenvalue weighted by Crippen LogP contribution is 2.27. The molecule has 1 aromatic heterocycles. The Labute approximate surface area is 128 Å². The summed E-state index contributed by atoms with van der Waals surface area (Å²) in [6.45, 7) is 0. The van der Waals surface area contributed by atoms with Crippen LogP contribution in [0.25, 0.3) is 0 Å². The van der Waals surface area contributed by atoms with Crippen LogP contribution < -0.4 is 4.72 Å². The molecule has 0 aliphatic carbocycles. The van der Waals surface area contributed by atoms with E-state index in [1.54, 1.807) is 0 Å². The molecule has 1 N–H and O–H groups in total. The summed E-state index contributed by atoms with van der Waals surface area (Å²) in [5.41, 5.74) is -0.401. The number of halogens is 2. The van der Waals surface area contributed by atoms with Crippen molar-refractivity contribution >= 4 is 44.7 Å². The summed E-state index contributed by atoms with van der Waals surface area (Å²) < 4.78 is 26.4. The lowest BCUT2D eigenvalue weighted by Crippen LogP contribution is -2.14. The van der Waals surface area contributed by atoms with Gasteiger partial charge in [-0.05, 0) is 6.07 Å². The molecule has 0 saturated heterocycles. The van der Waals surface area contributed by atoms with E-state index in [0.29, 0.717) is 0 Å². The monoisotopic (exact) mass is 348 g/mol. The first-order chi connectivity index (χ1) is 9.79. The summed E-state index contributed by atoms with van der Waals surface area (Å²) in [5.74, 6) is -0.0954. The van der Waals surface area contributed by atoms with Crippen molar-refractivity contribution in [2.75, 3.05) is 4.72 Å². The van der Waals surface area contributed by atoms with Crippen LogP contribution in [0.15, 0.2) is 35.5 Å². The second kappa shape index (κ2) is 5.80. The van der Waals surface area contributed by atoms with Gasteiger partial charge >= 0.3 is 0 Å². The number of nitrogens with zero attached hydrogens (tertiary/aromatic N) is 3. The molecule has 8 nitrogen and oxygen atoms in total. The largest absolute Gasteiger partial charge is 0.270 e. The van der Waals surface area contributed by atoms with Crippen LogP contribution in [0.2, 0.25) is 10.2 Å². The van der Waals surface area contributed by atoms with Crippen molar-refractivity contribution < 1.29 is 13.3 Å². The zero-order chi connectivity index (χ0) is 15.6. The molecule has 110 valence electrons. The summed E-state index contributed by atoms with van der Waals surface area (Å²) in [5, 5.41) is 10.6. The third-order valence-electron chi connectivity index (χ3n) is 2.27. The van der Waals surface area contributed by atoms with Crippen molar-refractivity contribution in [2.45, 2.75) is 4.90 Å². The molecule has 0 atom stereocenters. The first-order valence-corrected chi connectivity index (χ1v) is 7.48. The zero-order valence-corrected chi connectivity index (χ0v) is 12.4. The lowest BCUT2D eigenvalue weighted by molar-refractivity contribution is -0.385. The number of aromatic nitrogens is 2. The first kappa shape index (κ1) is 15.4. The molecular weight excluding hydrogens is 343 g/mol. The maximum atomic E-state index is 12.2. The molecule has 2 rings (SSSR count). The summed E-state index contributed by atoms with van der Waals surface area (Å²) in [6, 6.07) is 3.08. The standard InChI is InChI=1S/C10H6Cl2N4O4S/c11-7-2-1-6(16(17)18)3-8(7)21(19,20)15-10-5-13-9(12)4-14-10/h1-5H,(H,14,15). The highest BCUT2D eigenvalue weighted by Gasteiger charge is 2.22. The number of nitrogens with one attached hydrogen (secondary N) is 1. The van der Waals surface area contributed by atoms with Gasteiger partial charge in [0.2, 0.25) is 0 Å². The van der Waals surface area contributed by atoms with Gasteiger partial charge in [-0.2, -0.15) is 0 Å². The van der Waals surface area contributed by atoms with Crippen LogP contribution in [-0.4, -0.2) is 23.3 Å². The Morgan fingerprint density at radius 3 is 2.48 bits per heavy atom. The van der Waals surface area contributed by atoms with Crippen LogP contribution in [0, 0.1) is 10.1 Å². The van der Waals surface area contributed by atoms with Crippen LogP contribution in [0.4, 0.5) is 11.5 Å². The molecule has 0 aliphatic rings. The molecule has 0 spiro atoms. The van der Waals surface area contributed by atoms with E-state index < -0.39 is 25.5 Å². The van der Waals surface area contributed by atoms with E-state index in [4.69, 9.17) is 23.2 Å². The average Bonchev–Trinajstić information content (AvgIpc) is 2.41. The average molecular weight is 349 g/mol. The molecule has 0 radical (unpaired) electrons. The van der Waals surface area contributed by atoms with Crippen molar-refractivity contribution in [3.63, 3.8) is 0 Å². The predicted molar refractivity (Wildman–Crippen MR) is 76.0 cm³/mol. The maximum absolute atomic E-state index is 12.2. The number of benzene rings is 1. The summed E-state index contributed by atoms with van der Waals surface area (Å²) >= 11 is 11.3. The molecule has 1 heterocycles. The van der Waals surface area contributed by atoms with Crippen LogP contribution in [-0.2, 0) is 10.0 Å². The minimum absolute atomic E-state index is 0.0892. The second-order valence-electron chi connectivity index (χ2n) is 3.70. The van der Waals surface area contributed by atoms with E-state index >= 15 is 0 Å². The van der Waals surface area contributed by atoms with Crippen molar-refractivity contribution in [1.29, 1.82) is 0 Å². The number of non-ortho nitro benzene ring substituents is 1. The van der Waals surface area contributed by atoms with Gasteiger partial charge in [-0.1, -0.05) is 23.2 Å². The van der Waals surface area contributed by atoms with E-state index in [1.165, 1.54) is 0 Å². The first-order valence-electron chi connectivity index (χ1n) is 5.24. The topological polar surface area (TPSA) is 115 Å². The molecule has 0 bridgehead atoms. The molecule has 21 heavy (non-hydrogen) atoms. The molecule has 1 aromatic carbocycles. The second-order valence-corrected chi connectivity index (χ2v) is 6.15. The number of anilines is 1. The minimum atomic E-state index is -4.14. The Kier molecular flexibility index (Phi) is 4.26. The normalized spacial score (nSPS) is 11.1. The molecule has 0 saturated carbocycles. The molecule has 11 heteroatoms. The molecule has 0 unspecified atom stereocenters. The van der Waals surface area contributed by atoms with E-state index in [2.05, 4.69) is 14.7 Å². The molecule has 2 aromatic rings. The van der Waals surface area contributed by atoms with Crippen molar-refractivity contribution in [3.8, 4) is 0 Å². The summed E-state index contributed by atoms with van der Waals surface area (Å²) in [6.07, 6.45) is 2.25. The van der Waals surface area contributed by atoms with Gasteiger partial charge in [0.25, 0.3) is 15.7 Å². The van der Waals surface area contributed by atoms with E-state index in [1.807, 2.05) is 0 Å². The minimum Gasteiger partial charge on any atom is -0.262 e. The lowest BCUT2D eigenvalue weighted by atomic mass is 10.3. The number of hydrogen-bond acceptors (Lipinski definition) is 6. The van der Waals surface area contributed by atoms with Crippen LogP contribution in [0.3, 0.4) is 0 Å². The van der Waals surface area contributed by atoms with Gasteiger partial charge < -0.3 is 0 Å². The third kappa shape index (κ3) is 3.57. The van der Waals surface area contributed by atoms with Crippen LogP contribution in [0.1, 0.15) is 0 Å². The smallest absolute Gasteiger partial charge is 0.262 e. The van der Waals surface area contributed by atoms with Crippen LogP contribution in [0.5, 0.6) is 0 Å². The Bertz CT molecular complexity index is 795. The number of rotatable bonds is 4. The fourth-order valence-corrected chi connectivity index (χ4v) is 2.98. The Morgan fingerprint density at radius 1 is 1.19 bits per heavy atom.